The summed E-state index contributed by atoms with van der Waals surface area (Å²) >= 11 is 3.56. The third-order valence-corrected chi connectivity index (χ3v) is 4.55. The minimum absolute atomic E-state index is 0.289. The summed E-state index contributed by atoms with van der Waals surface area (Å²) in [7, 11) is 1.83. The van der Waals surface area contributed by atoms with Crippen molar-refractivity contribution in [3.8, 4) is 5.75 Å². The monoisotopic (exact) mass is 352 g/mol. The Bertz CT molecular complexity index is 646. The van der Waals surface area contributed by atoms with Crippen LogP contribution in [0.2, 0.25) is 0 Å². The molecule has 1 saturated heterocycles. The molecular weight excluding hydrogens is 336 g/mol. The summed E-state index contributed by atoms with van der Waals surface area (Å²) < 4.78 is 8.44. The van der Waals surface area contributed by atoms with Crippen LogP contribution >= 0.6 is 15.9 Å². The summed E-state index contributed by atoms with van der Waals surface area (Å²) in [6.45, 7) is 3.11. The molecule has 1 aliphatic rings. The Hall–Kier alpha value is -1.60. The fourth-order valence-corrected chi connectivity index (χ4v) is 2.91. The van der Waals surface area contributed by atoms with Crippen LogP contribution in [0.4, 0.5) is 5.82 Å². The maximum atomic E-state index is 10.2. The van der Waals surface area contributed by atoms with Crippen molar-refractivity contribution < 1.29 is 9.84 Å². The van der Waals surface area contributed by atoms with E-state index in [1.165, 1.54) is 0 Å². The molecule has 7 heteroatoms. The van der Waals surface area contributed by atoms with Gasteiger partial charge in [0.2, 0.25) is 0 Å². The molecule has 1 aliphatic heterocycles. The zero-order valence-electron chi connectivity index (χ0n) is 11.9. The van der Waals surface area contributed by atoms with Gasteiger partial charge in [-0.2, -0.15) is 5.10 Å². The van der Waals surface area contributed by atoms with Crippen LogP contribution in [0.25, 0.3) is 0 Å². The zero-order chi connectivity index (χ0) is 15.0. The predicted molar refractivity (Wildman–Crippen MR) is 82.5 cm³/mol. The van der Waals surface area contributed by atoms with E-state index in [-0.39, 0.29) is 6.10 Å². The first-order valence-electron chi connectivity index (χ1n) is 6.74. The van der Waals surface area contributed by atoms with Crippen molar-refractivity contribution in [2.24, 2.45) is 7.05 Å². The molecular formula is C14H17BrN4O2. The average Bonchev–Trinajstić information content (AvgIpc) is 3.00. The Kier molecular flexibility index (Phi) is 3.86. The van der Waals surface area contributed by atoms with Gasteiger partial charge in [0, 0.05) is 19.8 Å². The summed E-state index contributed by atoms with van der Waals surface area (Å²) in [5.74, 6) is 1.51. The third kappa shape index (κ3) is 2.89. The summed E-state index contributed by atoms with van der Waals surface area (Å²) in [5, 5.41) is 14.3. The Labute approximate surface area is 131 Å². The van der Waals surface area contributed by atoms with Crippen LogP contribution < -0.4 is 9.64 Å². The topological polar surface area (TPSA) is 63.4 Å². The number of nitrogens with zero attached hydrogens (tertiary/aromatic N) is 4. The molecule has 1 fully saturated rings. The van der Waals surface area contributed by atoms with Crippen LogP contribution in [-0.2, 0) is 7.05 Å². The lowest BCUT2D eigenvalue weighted by Gasteiger charge is -2.19. The highest BCUT2D eigenvalue weighted by Gasteiger charge is 2.34. The Morgan fingerprint density at radius 2 is 2.24 bits per heavy atom. The van der Waals surface area contributed by atoms with E-state index in [2.05, 4.69) is 26.0 Å². The number of aliphatic hydroxyl groups is 1. The first-order valence-corrected chi connectivity index (χ1v) is 7.53. The molecule has 3 heterocycles. The molecule has 0 bridgehead atoms. The van der Waals surface area contributed by atoms with Gasteiger partial charge in [-0.15, -0.1) is 0 Å². The number of aliphatic hydroxyl groups excluding tert-OH is 1. The molecule has 2 aromatic rings. The Morgan fingerprint density at radius 1 is 1.43 bits per heavy atom. The molecule has 0 unspecified atom stereocenters. The molecule has 112 valence electrons. The van der Waals surface area contributed by atoms with Gasteiger partial charge in [0.25, 0.3) is 0 Å². The molecule has 0 aliphatic carbocycles. The van der Waals surface area contributed by atoms with Crippen molar-refractivity contribution in [2.45, 2.75) is 19.1 Å². The van der Waals surface area contributed by atoms with Crippen LogP contribution in [0.1, 0.15) is 5.56 Å². The van der Waals surface area contributed by atoms with Gasteiger partial charge < -0.3 is 14.7 Å². The van der Waals surface area contributed by atoms with Gasteiger partial charge in [-0.1, -0.05) is 0 Å². The number of hydrogen-bond acceptors (Lipinski definition) is 5. The lowest BCUT2D eigenvalue weighted by atomic mass is 10.3. The van der Waals surface area contributed by atoms with E-state index in [1.807, 2.05) is 24.9 Å². The first kappa shape index (κ1) is 14.3. The largest absolute Gasteiger partial charge is 0.482 e. The highest BCUT2D eigenvalue weighted by molar-refractivity contribution is 9.10. The fraction of sp³-hybridized carbons (Fsp3) is 0.429. The standard InChI is InChI=1S/C14H17BrN4O2/c1-9-3-4-16-14(13(9)15)19-7-11(20)12(8-19)21-10-5-17-18(2)6-10/h3-6,11-12,20H,7-8H2,1-2H3/t11-,12-/m1/s1. The Balaban J connectivity index is 1.75. The van der Waals surface area contributed by atoms with E-state index in [9.17, 15) is 5.11 Å². The highest BCUT2D eigenvalue weighted by atomic mass is 79.9. The van der Waals surface area contributed by atoms with Crippen LogP contribution in [0.3, 0.4) is 0 Å². The zero-order valence-corrected chi connectivity index (χ0v) is 13.5. The summed E-state index contributed by atoms with van der Waals surface area (Å²) in [4.78, 5) is 6.43. The van der Waals surface area contributed by atoms with Crippen molar-refractivity contribution >= 4 is 21.7 Å². The van der Waals surface area contributed by atoms with E-state index in [0.717, 1.165) is 15.9 Å². The molecule has 2 aromatic heterocycles. The number of ether oxygens (including phenoxy) is 1. The molecule has 0 saturated carbocycles. The number of β-amino-alcohol motifs (C(OH)–C–C–N with tert-alkyl or cyclic N) is 1. The minimum atomic E-state index is -0.556. The molecule has 0 radical (unpaired) electrons. The number of halogens is 1. The normalized spacial score (nSPS) is 21.8. The smallest absolute Gasteiger partial charge is 0.157 e. The van der Waals surface area contributed by atoms with Crippen LogP contribution in [0.5, 0.6) is 5.75 Å². The number of hydrogen-bond donors (Lipinski definition) is 1. The molecule has 1 N–H and O–H groups in total. The second-order valence-electron chi connectivity index (χ2n) is 5.24. The van der Waals surface area contributed by atoms with Crippen molar-refractivity contribution in [3.63, 3.8) is 0 Å². The van der Waals surface area contributed by atoms with Crippen molar-refractivity contribution in [1.82, 2.24) is 14.8 Å². The van der Waals surface area contributed by atoms with Gasteiger partial charge in [-0.3, -0.25) is 4.68 Å². The number of rotatable bonds is 3. The van der Waals surface area contributed by atoms with E-state index in [1.54, 1.807) is 23.3 Å². The van der Waals surface area contributed by atoms with Gasteiger partial charge in [-0.25, -0.2) is 4.98 Å². The van der Waals surface area contributed by atoms with E-state index in [0.29, 0.717) is 18.8 Å². The number of pyridine rings is 1. The summed E-state index contributed by atoms with van der Waals surface area (Å²) in [6.07, 6.45) is 4.37. The Morgan fingerprint density at radius 3 is 2.95 bits per heavy atom. The summed E-state index contributed by atoms with van der Waals surface area (Å²) in [6, 6.07) is 1.95. The van der Waals surface area contributed by atoms with Crippen LogP contribution in [0.15, 0.2) is 29.1 Å². The highest BCUT2D eigenvalue weighted by Crippen LogP contribution is 2.30. The maximum Gasteiger partial charge on any atom is 0.157 e. The first-order chi connectivity index (χ1) is 10.0. The lowest BCUT2D eigenvalue weighted by Crippen LogP contribution is -2.29. The van der Waals surface area contributed by atoms with Gasteiger partial charge in [0.1, 0.15) is 18.0 Å². The average molecular weight is 353 g/mol. The maximum absolute atomic E-state index is 10.2. The molecule has 0 amide bonds. The van der Waals surface area contributed by atoms with Crippen LogP contribution in [0, 0.1) is 6.92 Å². The molecule has 2 atom stereocenters. The van der Waals surface area contributed by atoms with Crippen LogP contribution in [-0.4, -0.2) is 45.2 Å². The molecule has 3 rings (SSSR count). The van der Waals surface area contributed by atoms with E-state index in [4.69, 9.17) is 4.74 Å². The number of aryl methyl sites for hydroxylation is 2. The molecule has 0 aromatic carbocycles. The minimum Gasteiger partial charge on any atom is -0.482 e. The van der Waals surface area contributed by atoms with Gasteiger partial charge in [0.15, 0.2) is 5.75 Å². The molecule has 21 heavy (non-hydrogen) atoms. The number of anilines is 1. The van der Waals surface area contributed by atoms with Gasteiger partial charge in [0.05, 0.1) is 23.4 Å². The third-order valence-electron chi connectivity index (χ3n) is 3.57. The SMILES string of the molecule is Cc1ccnc(N2C[C@@H](O)[C@H](Oc3cnn(C)c3)C2)c1Br. The second-order valence-corrected chi connectivity index (χ2v) is 6.04. The van der Waals surface area contributed by atoms with Crippen molar-refractivity contribution in [3.05, 3.63) is 34.7 Å². The van der Waals surface area contributed by atoms with Gasteiger partial charge >= 0.3 is 0 Å². The van der Waals surface area contributed by atoms with Crippen molar-refractivity contribution in [1.29, 1.82) is 0 Å². The number of aromatic nitrogens is 3. The summed E-state index contributed by atoms with van der Waals surface area (Å²) in [5.41, 5.74) is 1.12. The second kappa shape index (κ2) is 5.65. The molecule has 0 spiro atoms. The fourth-order valence-electron chi connectivity index (χ4n) is 2.43. The van der Waals surface area contributed by atoms with E-state index < -0.39 is 6.10 Å². The van der Waals surface area contributed by atoms with Crippen molar-refractivity contribution in [2.75, 3.05) is 18.0 Å². The quantitative estimate of drug-likeness (QED) is 0.907. The predicted octanol–water partition coefficient (Wildman–Crippen LogP) is 1.51. The van der Waals surface area contributed by atoms with E-state index >= 15 is 0 Å². The van der Waals surface area contributed by atoms with Gasteiger partial charge in [-0.05, 0) is 34.5 Å². The molecule has 6 nitrogen and oxygen atoms in total. The lowest BCUT2D eigenvalue weighted by molar-refractivity contribution is 0.0737.